The molecule has 1 aromatic heterocycles. The van der Waals surface area contributed by atoms with E-state index < -0.39 is 5.97 Å². The molecule has 2 aromatic rings. The molecular weight excluding hydrogens is 336 g/mol. The van der Waals surface area contributed by atoms with Gasteiger partial charge in [-0.15, -0.1) is 0 Å². The highest BCUT2D eigenvalue weighted by atomic mass is 32.2. The summed E-state index contributed by atoms with van der Waals surface area (Å²) >= 11 is 1.63. The van der Waals surface area contributed by atoms with Crippen molar-refractivity contribution in [1.82, 2.24) is 14.9 Å². The lowest BCUT2D eigenvalue weighted by Gasteiger charge is -2.32. The number of hydrogen-bond donors (Lipinski definition) is 2. The topological polar surface area (TPSA) is 78.4 Å². The largest absolute Gasteiger partial charge is 0.481 e. The number of nitrogens with zero attached hydrogens (tertiary/aromatic N) is 3. The highest BCUT2D eigenvalue weighted by Gasteiger charge is 2.23. The van der Waals surface area contributed by atoms with Crippen LogP contribution < -0.4 is 5.32 Å². The minimum absolute atomic E-state index is 0.264. The molecule has 0 amide bonds. The van der Waals surface area contributed by atoms with Crippen LogP contribution in [0.4, 0.5) is 11.5 Å². The molecule has 3 heterocycles. The minimum Gasteiger partial charge on any atom is -0.481 e. The van der Waals surface area contributed by atoms with Crippen molar-refractivity contribution in [2.24, 2.45) is 5.92 Å². The lowest BCUT2D eigenvalue weighted by molar-refractivity contribution is -0.138. The minimum atomic E-state index is -0.693. The summed E-state index contributed by atoms with van der Waals surface area (Å²) in [6, 6.07) is 6.44. The highest BCUT2D eigenvalue weighted by Crippen LogP contribution is 2.42. The molecule has 1 fully saturated rings. The number of rotatable bonds is 4. The molecule has 1 saturated heterocycles. The third kappa shape index (κ3) is 3.77. The number of aromatic nitrogens is 2. The Morgan fingerprint density at radius 2 is 2.24 bits per heavy atom. The molecule has 2 N–H and O–H groups in total. The number of anilines is 2. The lowest BCUT2D eigenvalue weighted by Crippen LogP contribution is -2.35. The summed E-state index contributed by atoms with van der Waals surface area (Å²) in [5, 5.41) is 13.3. The molecule has 130 valence electrons. The maximum Gasteiger partial charge on any atom is 0.303 e. The van der Waals surface area contributed by atoms with Crippen LogP contribution >= 0.6 is 11.8 Å². The average molecular weight is 356 g/mol. The number of nitrogens with one attached hydrogen (secondary N) is 1. The van der Waals surface area contributed by atoms with E-state index in [1.54, 1.807) is 24.2 Å². The van der Waals surface area contributed by atoms with Crippen LogP contribution in [-0.4, -0.2) is 39.0 Å². The summed E-state index contributed by atoms with van der Waals surface area (Å²) in [4.78, 5) is 23.2. The van der Waals surface area contributed by atoms with E-state index >= 15 is 0 Å². The zero-order valence-corrected chi connectivity index (χ0v) is 14.6. The third-order valence-electron chi connectivity index (χ3n) is 4.64. The van der Waals surface area contributed by atoms with Crippen molar-refractivity contribution in [2.75, 3.05) is 18.4 Å². The van der Waals surface area contributed by atoms with Crippen LogP contribution in [-0.2, 0) is 11.3 Å². The molecule has 7 heteroatoms. The normalized spacial score (nSPS) is 19.6. The molecule has 0 spiro atoms. The maximum atomic E-state index is 11.0. The van der Waals surface area contributed by atoms with Gasteiger partial charge in [0, 0.05) is 36.8 Å². The molecule has 2 aliphatic rings. The van der Waals surface area contributed by atoms with Gasteiger partial charge in [0.05, 0.1) is 5.69 Å². The Morgan fingerprint density at radius 3 is 3.12 bits per heavy atom. The molecular formula is C18H20N4O2S. The van der Waals surface area contributed by atoms with Gasteiger partial charge >= 0.3 is 5.97 Å². The number of carboxylic acids is 1. The Morgan fingerprint density at radius 1 is 1.36 bits per heavy atom. The number of piperidine rings is 1. The zero-order valence-electron chi connectivity index (χ0n) is 13.8. The van der Waals surface area contributed by atoms with Crippen LogP contribution in [0, 0.1) is 5.92 Å². The molecule has 25 heavy (non-hydrogen) atoms. The maximum absolute atomic E-state index is 11.0. The highest BCUT2D eigenvalue weighted by molar-refractivity contribution is 7.99. The summed E-state index contributed by atoms with van der Waals surface area (Å²) < 4.78 is 0. The van der Waals surface area contributed by atoms with E-state index in [1.165, 1.54) is 5.56 Å². The molecule has 0 radical (unpaired) electrons. The number of carboxylic acid groups (broad SMARTS) is 1. The standard InChI is InChI=1S/C18H20N4O2S/c23-16(24)9-12-2-1-7-22(10-12)11-13-3-4-15-14(8-13)21-17-18(25-15)20-6-5-19-17/h3-6,8,12H,1-2,7,9-11H2,(H,19,21)(H,23,24). The summed E-state index contributed by atoms with van der Waals surface area (Å²) in [7, 11) is 0. The molecule has 0 aliphatic carbocycles. The molecule has 1 atom stereocenters. The van der Waals surface area contributed by atoms with Crippen LogP contribution in [0.2, 0.25) is 0 Å². The molecule has 1 aromatic carbocycles. The first-order chi connectivity index (χ1) is 12.2. The second-order valence-electron chi connectivity index (χ2n) is 6.61. The Balaban J connectivity index is 1.45. The second-order valence-corrected chi connectivity index (χ2v) is 7.64. The van der Waals surface area contributed by atoms with E-state index in [0.717, 1.165) is 53.9 Å². The van der Waals surface area contributed by atoms with Gasteiger partial charge in [0.15, 0.2) is 5.82 Å². The van der Waals surface area contributed by atoms with Crippen LogP contribution in [0.25, 0.3) is 0 Å². The Hall–Kier alpha value is -2.12. The van der Waals surface area contributed by atoms with Gasteiger partial charge in [-0.2, -0.15) is 0 Å². The Bertz CT molecular complexity index is 798. The number of aliphatic carboxylic acids is 1. The van der Waals surface area contributed by atoms with Crippen molar-refractivity contribution in [3.63, 3.8) is 0 Å². The lowest BCUT2D eigenvalue weighted by atomic mass is 9.94. The van der Waals surface area contributed by atoms with Gasteiger partial charge in [-0.3, -0.25) is 9.69 Å². The van der Waals surface area contributed by atoms with Crippen molar-refractivity contribution in [2.45, 2.75) is 35.7 Å². The summed E-state index contributed by atoms with van der Waals surface area (Å²) in [5.74, 6) is 0.373. The van der Waals surface area contributed by atoms with E-state index in [9.17, 15) is 4.79 Å². The smallest absolute Gasteiger partial charge is 0.303 e. The molecule has 4 rings (SSSR count). The van der Waals surface area contributed by atoms with Crippen molar-refractivity contribution < 1.29 is 9.90 Å². The fraction of sp³-hybridized carbons (Fsp3) is 0.389. The van der Waals surface area contributed by atoms with E-state index in [4.69, 9.17) is 5.11 Å². The first-order valence-corrected chi connectivity index (χ1v) is 9.32. The average Bonchev–Trinajstić information content (AvgIpc) is 2.59. The molecule has 1 unspecified atom stereocenters. The van der Waals surface area contributed by atoms with Crippen molar-refractivity contribution in [1.29, 1.82) is 0 Å². The zero-order chi connectivity index (χ0) is 17.2. The van der Waals surface area contributed by atoms with E-state index in [-0.39, 0.29) is 12.3 Å². The quantitative estimate of drug-likeness (QED) is 0.742. The van der Waals surface area contributed by atoms with Crippen LogP contribution in [0.5, 0.6) is 0 Å². The molecule has 6 nitrogen and oxygen atoms in total. The fourth-order valence-corrected chi connectivity index (χ4v) is 4.42. The monoisotopic (exact) mass is 356 g/mol. The van der Waals surface area contributed by atoms with Crippen molar-refractivity contribution in [3.05, 3.63) is 36.2 Å². The number of carbonyl (C=O) groups is 1. The van der Waals surface area contributed by atoms with Crippen molar-refractivity contribution in [3.8, 4) is 0 Å². The SMILES string of the molecule is O=C(O)CC1CCCN(Cc2ccc3c(c2)Nc2nccnc2S3)C1. The Labute approximate surface area is 150 Å². The van der Waals surface area contributed by atoms with Gasteiger partial charge in [0.1, 0.15) is 5.03 Å². The van der Waals surface area contributed by atoms with Gasteiger partial charge in [0.2, 0.25) is 0 Å². The number of likely N-dealkylation sites (tertiary alicyclic amines) is 1. The van der Waals surface area contributed by atoms with Gasteiger partial charge in [0.25, 0.3) is 0 Å². The summed E-state index contributed by atoms with van der Waals surface area (Å²) in [6.07, 6.45) is 5.75. The van der Waals surface area contributed by atoms with Crippen LogP contribution in [0.15, 0.2) is 40.5 Å². The van der Waals surface area contributed by atoms with E-state index in [2.05, 4.69) is 38.4 Å². The van der Waals surface area contributed by atoms with Crippen LogP contribution in [0.1, 0.15) is 24.8 Å². The molecule has 0 bridgehead atoms. The second kappa shape index (κ2) is 7.01. The van der Waals surface area contributed by atoms with Gasteiger partial charge in [-0.1, -0.05) is 17.8 Å². The predicted molar refractivity (Wildman–Crippen MR) is 96.1 cm³/mol. The molecule has 2 aliphatic heterocycles. The Kier molecular flexibility index (Phi) is 4.59. The first kappa shape index (κ1) is 16.4. The third-order valence-corrected chi connectivity index (χ3v) is 5.71. The first-order valence-electron chi connectivity index (χ1n) is 8.50. The van der Waals surface area contributed by atoms with E-state index in [1.807, 2.05) is 0 Å². The number of benzene rings is 1. The number of fused-ring (bicyclic) bond motifs is 2. The molecule has 0 saturated carbocycles. The summed E-state index contributed by atoms with van der Waals surface area (Å²) in [5.41, 5.74) is 2.30. The fourth-order valence-electron chi connectivity index (χ4n) is 3.55. The van der Waals surface area contributed by atoms with Gasteiger partial charge < -0.3 is 10.4 Å². The van der Waals surface area contributed by atoms with E-state index in [0.29, 0.717) is 0 Å². The summed E-state index contributed by atoms with van der Waals surface area (Å²) in [6.45, 7) is 2.74. The van der Waals surface area contributed by atoms with Crippen LogP contribution in [0.3, 0.4) is 0 Å². The van der Waals surface area contributed by atoms with Gasteiger partial charge in [-0.05, 0) is 43.0 Å². The predicted octanol–water partition coefficient (Wildman–Crippen LogP) is 3.37. The van der Waals surface area contributed by atoms with Gasteiger partial charge in [-0.25, -0.2) is 9.97 Å². The van der Waals surface area contributed by atoms with Crippen molar-refractivity contribution >= 4 is 29.2 Å². The number of hydrogen-bond acceptors (Lipinski definition) is 6.